The molecule has 0 aliphatic carbocycles. The van der Waals surface area contributed by atoms with E-state index in [0.717, 1.165) is 32.1 Å². The maximum atomic E-state index is 4.74. The summed E-state index contributed by atoms with van der Waals surface area (Å²) in [6, 6.07) is 0.649. The first-order valence-corrected chi connectivity index (χ1v) is 8.08. The van der Waals surface area contributed by atoms with E-state index in [2.05, 4.69) is 36.3 Å². The standard InChI is InChI=1S/C15H32N4/c1-4-7-8-11-17-15(16-5-2)18-13-14-10-9-12-19(14)6-3/h14H,4-13H2,1-3H3,(H2,16,17,18). The summed E-state index contributed by atoms with van der Waals surface area (Å²) >= 11 is 0. The number of likely N-dealkylation sites (tertiary alicyclic amines) is 1. The number of nitrogens with one attached hydrogen (secondary N) is 2. The quantitative estimate of drug-likeness (QED) is 0.403. The van der Waals surface area contributed by atoms with E-state index in [0.29, 0.717) is 6.04 Å². The number of aliphatic imine (C=N–C) groups is 1. The molecule has 1 aliphatic rings. The Hall–Kier alpha value is -0.770. The molecule has 0 aromatic rings. The van der Waals surface area contributed by atoms with Crippen molar-refractivity contribution in [2.24, 2.45) is 4.99 Å². The number of likely N-dealkylation sites (N-methyl/N-ethyl adjacent to an activating group) is 1. The van der Waals surface area contributed by atoms with Crippen molar-refractivity contribution in [2.75, 3.05) is 32.7 Å². The van der Waals surface area contributed by atoms with E-state index in [-0.39, 0.29) is 0 Å². The molecule has 1 saturated heterocycles. The van der Waals surface area contributed by atoms with Crippen molar-refractivity contribution >= 4 is 5.96 Å². The number of rotatable bonds is 8. The molecule has 4 heteroatoms. The van der Waals surface area contributed by atoms with E-state index in [4.69, 9.17) is 4.99 Å². The lowest BCUT2D eigenvalue weighted by atomic mass is 10.2. The Morgan fingerprint density at radius 2 is 2.05 bits per heavy atom. The molecule has 4 nitrogen and oxygen atoms in total. The van der Waals surface area contributed by atoms with Gasteiger partial charge in [-0.3, -0.25) is 9.89 Å². The molecule has 0 aromatic heterocycles. The SMILES string of the molecule is CCCCCNC(=NCC1CCCN1CC)NCC. The topological polar surface area (TPSA) is 39.7 Å². The number of hydrogen-bond acceptors (Lipinski definition) is 2. The first-order chi connectivity index (χ1) is 9.31. The third-order valence-electron chi connectivity index (χ3n) is 3.78. The predicted molar refractivity (Wildman–Crippen MR) is 83.8 cm³/mol. The van der Waals surface area contributed by atoms with E-state index in [1.165, 1.54) is 38.6 Å². The molecule has 1 fully saturated rings. The van der Waals surface area contributed by atoms with Gasteiger partial charge in [0.25, 0.3) is 0 Å². The zero-order chi connectivity index (χ0) is 13.9. The third-order valence-corrected chi connectivity index (χ3v) is 3.78. The van der Waals surface area contributed by atoms with Gasteiger partial charge >= 0.3 is 0 Å². The fourth-order valence-electron chi connectivity index (χ4n) is 2.64. The van der Waals surface area contributed by atoms with Gasteiger partial charge in [-0.25, -0.2) is 0 Å². The largest absolute Gasteiger partial charge is 0.357 e. The van der Waals surface area contributed by atoms with Crippen LogP contribution in [0.1, 0.15) is 52.9 Å². The fraction of sp³-hybridized carbons (Fsp3) is 0.933. The minimum atomic E-state index is 0.649. The van der Waals surface area contributed by atoms with E-state index >= 15 is 0 Å². The van der Waals surface area contributed by atoms with Gasteiger partial charge in [0.15, 0.2) is 5.96 Å². The third kappa shape index (κ3) is 6.28. The van der Waals surface area contributed by atoms with Gasteiger partial charge in [0.2, 0.25) is 0 Å². The smallest absolute Gasteiger partial charge is 0.191 e. The van der Waals surface area contributed by atoms with Crippen LogP contribution in [-0.2, 0) is 0 Å². The molecule has 1 rings (SSSR count). The highest BCUT2D eigenvalue weighted by atomic mass is 15.2. The molecular formula is C15H32N4. The molecule has 19 heavy (non-hydrogen) atoms. The predicted octanol–water partition coefficient (Wildman–Crippen LogP) is 2.22. The van der Waals surface area contributed by atoms with Crippen LogP contribution in [0.3, 0.4) is 0 Å². The van der Waals surface area contributed by atoms with Crippen molar-refractivity contribution in [3.05, 3.63) is 0 Å². The van der Waals surface area contributed by atoms with Gasteiger partial charge in [-0.05, 0) is 39.3 Å². The van der Waals surface area contributed by atoms with E-state index in [1.807, 2.05) is 0 Å². The van der Waals surface area contributed by atoms with Gasteiger partial charge in [0.1, 0.15) is 0 Å². The highest BCUT2D eigenvalue weighted by Gasteiger charge is 2.22. The zero-order valence-corrected chi connectivity index (χ0v) is 13.0. The van der Waals surface area contributed by atoms with Gasteiger partial charge in [0, 0.05) is 19.1 Å². The van der Waals surface area contributed by atoms with Crippen LogP contribution in [0, 0.1) is 0 Å². The number of nitrogens with zero attached hydrogens (tertiary/aromatic N) is 2. The highest BCUT2D eigenvalue weighted by molar-refractivity contribution is 5.79. The normalized spacial score (nSPS) is 20.8. The number of hydrogen-bond donors (Lipinski definition) is 2. The van der Waals surface area contributed by atoms with Crippen molar-refractivity contribution in [2.45, 2.75) is 58.9 Å². The Morgan fingerprint density at radius 3 is 2.74 bits per heavy atom. The van der Waals surface area contributed by atoms with E-state index < -0.39 is 0 Å². The van der Waals surface area contributed by atoms with Crippen LogP contribution in [-0.4, -0.2) is 49.6 Å². The molecule has 1 aliphatic heterocycles. The molecule has 112 valence electrons. The minimum Gasteiger partial charge on any atom is -0.357 e. The second kappa shape index (κ2) is 10.1. The monoisotopic (exact) mass is 268 g/mol. The molecule has 0 saturated carbocycles. The van der Waals surface area contributed by atoms with Gasteiger partial charge in [0.05, 0.1) is 6.54 Å². The summed E-state index contributed by atoms with van der Waals surface area (Å²) in [6.07, 6.45) is 6.41. The number of unbranched alkanes of at least 4 members (excludes halogenated alkanes) is 2. The maximum absolute atomic E-state index is 4.74. The first-order valence-electron chi connectivity index (χ1n) is 8.08. The van der Waals surface area contributed by atoms with Crippen LogP contribution in [0.15, 0.2) is 4.99 Å². The van der Waals surface area contributed by atoms with Crippen molar-refractivity contribution < 1.29 is 0 Å². The lowest BCUT2D eigenvalue weighted by molar-refractivity contribution is 0.273. The zero-order valence-electron chi connectivity index (χ0n) is 13.0. The molecule has 0 aromatic carbocycles. The molecular weight excluding hydrogens is 236 g/mol. The Bertz CT molecular complexity index is 253. The van der Waals surface area contributed by atoms with Crippen molar-refractivity contribution in [1.29, 1.82) is 0 Å². The Kier molecular flexibility index (Phi) is 8.63. The number of guanidine groups is 1. The second-order valence-corrected chi connectivity index (χ2v) is 5.28. The van der Waals surface area contributed by atoms with Crippen molar-refractivity contribution in [3.8, 4) is 0 Å². The lowest BCUT2D eigenvalue weighted by Crippen LogP contribution is -2.39. The minimum absolute atomic E-state index is 0.649. The van der Waals surface area contributed by atoms with E-state index in [9.17, 15) is 0 Å². The van der Waals surface area contributed by atoms with E-state index in [1.54, 1.807) is 0 Å². The maximum Gasteiger partial charge on any atom is 0.191 e. The summed E-state index contributed by atoms with van der Waals surface area (Å²) in [5, 5.41) is 6.77. The molecule has 1 atom stereocenters. The summed E-state index contributed by atoms with van der Waals surface area (Å²) in [6.45, 7) is 11.9. The van der Waals surface area contributed by atoms with Crippen molar-refractivity contribution in [3.63, 3.8) is 0 Å². The average molecular weight is 268 g/mol. The Balaban J connectivity index is 2.34. The molecule has 0 amide bonds. The van der Waals surface area contributed by atoms with Crippen LogP contribution >= 0.6 is 0 Å². The van der Waals surface area contributed by atoms with Crippen LogP contribution in [0.4, 0.5) is 0 Å². The van der Waals surface area contributed by atoms with Gasteiger partial charge < -0.3 is 10.6 Å². The lowest BCUT2D eigenvalue weighted by Gasteiger charge is -2.21. The summed E-state index contributed by atoms with van der Waals surface area (Å²) in [5.74, 6) is 0.988. The molecule has 2 N–H and O–H groups in total. The molecule has 0 radical (unpaired) electrons. The summed E-state index contributed by atoms with van der Waals surface area (Å²) in [5.41, 5.74) is 0. The fourth-order valence-corrected chi connectivity index (χ4v) is 2.64. The second-order valence-electron chi connectivity index (χ2n) is 5.28. The summed E-state index contributed by atoms with van der Waals surface area (Å²) in [7, 11) is 0. The highest BCUT2D eigenvalue weighted by Crippen LogP contribution is 2.16. The molecule has 0 bridgehead atoms. The first kappa shape index (κ1) is 16.3. The average Bonchev–Trinajstić information content (AvgIpc) is 2.88. The summed E-state index contributed by atoms with van der Waals surface area (Å²) in [4.78, 5) is 7.29. The van der Waals surface area contributed by atoms with Crippen LogP contribution in [0.2, 0.25) is 0 Å². The van der Waals surface area contributed by atoms with Gasteiger partial charge in [-0.2, -0.15) is 0 Å². The molecule has 1 heterocycles. The van der Waals surface area contributed by atoms with Crippen LogP contribution < -0.4 is 10.6 Å². The van der Waals surface area contributed by atoms with Crippen molar-refractivity contribution in [1.82, 2.24) is 15.5 Å². The molecule has 0 spiro atoms. The Labute approximate surface area is 119 Å². The van der Waals surface area contributed by atoms with Crippen LogP contribution in [0.5, 0.6) is 0 Å². The van der Waals surface area contributed by atoms with Crippen LogP contribution in [0.25, 0.3) is 0 Å². The molecule has 1 unspecified atom stereocenters. The van der Waals surface area contributed by atoms with Gasteiger partial charge in [-0.15, -0.1) is 0 Å². The Morgan fingerprint density at radius 1 is 1.21 bits per heavy atom. The van der Waals surface area contributed by atoms with Gasteiger partial charge in [-0.1, -0.05) is 26.7 Å². The summed E-state index contributed by atoms with van der Waals surface area (Å²) < 4.78 is 0.